The van der Waals surface area contributed by atoms with Gasteiger partial charge in [-0.15, -0.1) is 0 Å². The van der Waals surface area contributed by atoms with E-state index in [0.29, 0.717) is 0 Å². The maximum absolute atomic E-state index is 10.4. The van der Waals surface area contributed by atoms with Crippen LogP contribution in [0.5, 0.6) is 0 Å². The van der Waals surface area contributed by atoms with Crippen molar-refractivity contribution in [2.24, 2.45) is 0 Å². The van der Waals surface area contributed by atoms with E-state index in [0.717, 1.165) is 12.8 Å². The molecule has 1 aliphatic rings. The van der Waals surface area contributed by atoms with E-state index in [-0.39, 0.29) is 6.10 Å². The first-order valence-electron chi connectivity index (χ1n) is 4.08. The van der Waals surface area contributed by atoms with E-state index >= 15 is 0 Å². The zero-order chi connectivity index (χ0) is 8.27. The van der Waals surface area contributed by atoms with Crippen LogP contribution in [0.4, 0.5) is 0 Å². The molecule has 0 heterocycles. The van der Waals surface area contributed by atoms with Crippen molar-refractivity contribution in [2.75, 3.05) is 0 Å². The van der Waals surface area contributed by atoms with Gasteiger partial charge in [-0.2, -0.15) is 0 Å². The van der Waals surface area contributed by atoms with E-state index in [4.69, 9.17) is 9.84 Å². The van der Waals surface area contributed by atoms with E-state index in [2.05, 4.69) is 0 Å². The summed E-state index contributed by atoms with van der Waals surface area (Å²) >= 11 is 0. The number of carboxylic acids is 1. The smallest absolute Gasteiger partial charge is 0.332 e. The minimum Gasteiger partial charge on any atom is -0.479 e. The molecule has 0 aromatic heterocycles. The fourth-order valence-electron chi connectivity index (χ4n) is 1.37. The van der Waals surface area contributed by atoms with E-state index in [1.54, 1.807) is 6.92 Å². The van der Waals surface area contributed by atoms with Gasteiger partial charge in [0.15, 0.2) is 6.10 Å². The SMILES string of the molecule is C[C@H](OC1CCCC1)C(=O)O. The highest BCUT2D eigenvalue weighted by molar-refractivity contribution is 5.71. The van der Waals surface area contributed by atoms with Crippen LogP contribution < -0.4 is 0 Å². The monoisotopic (exact) mass is 158 g/mol. The first-order valence-corrected chi connectivity index (χ1v) is 4.08. The van der Waals surface area contributed by atoms with Crippen molar-refractivity contribution in [1.29, 1.82) is 0 Å². The Kier molecular flexibility index (Phi) is 2.88. The van der Waals surface area contributed by atoms with Crippen LogP contribution in [0.15, 0.2) is 0 Å². The van der Waals surface area contributed by atoms with Crippen LogP contribution >= 0.6 is 0 Å². The number of carbonyl (C=O) groups is 1. The lowest BCUT2D eigenvalue weighted by Gasteiger charge is -2.13. The normalized spacial score (nSPS) is 21.9. The van der Waals surface area contributed by atoms with Crippen LogP contribution in [0, 0.1) is 0 Å². The Morgan fingerprint density at radius 3 is 2.55 bits per heavy atom. The number of rotatable bonds is 3. The molecule has 0 saturated heterocycles. The number of aliphatic carboxylic acids is 1. The van der Waals surface area contributed by atoms with Gasteiger partial charge in [0.05, 0.1) is 6.10 Å². The average molecular weight is 158 g/mol. The minimum atomic E-state index is -0.864. The molecule has 1 aliphatic carbocycles. The maximum atomic E-state index is 10.4. The van der Waals surface area contributed by atoms with Gasteiger partial charge in [0, 0.05) is 0 Å². The summed E-state index contributed by atoms with van der Waals surface area (Å²) < 4.78 is 5.27. The third-order valence-electron chi connectivity index (χ3n) is 2.05. The molecule has 0 radical (unpaired) electrons. The number of hydrogen-bond acceptors (Lipinski definition) is 2. The molecule has 0 bridgehead atoms. The van der Waals surface area contributed by atoms with Crippen molar-refractivity contribution in [2.45, 2.75) is 44.8 Å². The van der Waals surface area contributed by atoms with E-state index in [9.17, 15) is 4.79 Å². The van der Waals surface area contributed by atoms with Crippen molar-refractivity contribution in [3.63, 3.8) is 0 Å². The first-order chi connectivity index (χ1) is 5.20. The Bertz CT molecular complexity index is 138. The fraction of sp³-hybridized carbons (Fsp3) is 0.875. The summed E-state index contributed by atoms with van der Waals surface area (Å²) in [5.41, 5.74) is 0. The summed E-state index contributed by atoms with van der Waals surface area (Å²) in [6.07, 6.45) is 3.96. The highest BCUT2D eigenvalue weighted by Crippen LogP contribution is 2.21. The second kappa shape index (κ2) is 3.72. The Hall–Kier alpha value is -0.570. The third kappa shape index (κ3) is 2.50. The van der Waals surface area contributed by atoms with Crippen molar-refractivity contribution in [3.05, 3.63) is 0 Å². The lowest BCUT2D eigenvalue weighted by molar-refractivity contribution is -0.152. The molecular formula is C8H14O3. The van der Waals surface area contributed by atoms with Gasteiger partial charge in [-0.3, -0.25) is 0 Å². The molecule has 1 N–H and O–H groups in total. The van der Waals surface area contributed by atoms with Gasteiger partial charge in [-0.05, 0) is 19.8 Å². The molecule has 3 nitrogen and oxygen atoms in total. The zero-order valence-corrected chi connectivity index (χ0v) is 6.75. The van der Waals surface area contributed by atoms with E-state index in [1.807, 2.05) is 0 Å². The molecule has 0 aliphatic heterocycles. The topological polar surface area (TPSA) is 46.5 Å². The number of ether oxygens (including phenoxy) is 1. The van der Waals surface area contributed by atoms with Crippen LogP contribution in [0.1, 0.15) is 32.6 Å². The predicted molar refractivity (Wildman–Crippen MR) is 40.4 cm³/mol. The molecular weight excluding hydrogens is 144 g/mol. The molecule has 0 unspecified atom stereocenters. The fourth-order valence-corrected chi connectivity index (χ4v) is 1.37. The Morgan fingerprint density at radius 1 is 1.55 bits per heavy atom. The molecule has 0 spiro atoms. The first kappa shape index (κ1) is 8.53. The predicted octanol–water partition coefficient (Wildman–Crippen LogP) is 1.42. The summed E-state index contributed by atoms with van der Waals surface area (Å²) in [5.74, 6) is -0.864. The third-order valence-corrected chi connectivity index (χ3v) is 2.05. The highest BCUT2D eigenvalue weighted by Gasteiger charge is 2.21. The quantitative estimate of drug-likeness (QED) is 0.675. The molecule has 0 aromatic rings. The van der Waals surface area contributed by atoms with E-state index < -0.39 is 12.1 Å². The van der Waals surface area contributed by atoms with Crippen molar-refractivity contribution >= 4 is 5.97 Å². The van der Waals surface area contributed by atoms with Crippen LogP contribution in [-0.2, 0) is 9.53 Å². The molecule has 1 fully saturated rings. The standard InChI is InChI=1S/C8H14O3/c1-6(8(9)10)11-7-4-2-3-5-7/h6-7H,2-5H2,1H3,(H,9,10)/t6-/m0/s1. The lowest BCUT2D eigenvalue weighted by atomic mass is 10.3. The van der Waals surface area contributed by atoms with Crippen molar-refractivity contribution < 1.29 is 14.6 Å². The summed E-state index contributed by atoms with van der Waals surface area (Å²) in [6, 6.07) is 0. The molecule has 0 aromatic carbocycles. The second-order valence-electron chi connectivity index (χ2n) is 3.02. The van der Waals surface area contributed by atoms with Crippen LogP contribution in [0.25, 0.3) is 0 Å². The van der Waals surface area contributed by atoms with E-state index in [1.165, 1.54) is 12.8 Å². The largest absolute Gasteiger partial charge is 0.479 e. The summed E-state index contributed by atoms with van der Waals surface area (Å²) in [5, 5.41) is 8.52. The summed E-state index contributed by atoms with van der Waals surface area (Å²) in [6.45, 7) is 1.58. The molecule has 1 saturated carbocycles. The van der Waals surface area contributed by atoms with Gasteiger partial charge in [-0.25, -0.2) is 4.79 Å². The molecule has 1 atom stereocenters. The Labute approximate surface area is 66.4 Å². The Balaban J connectivity index is 2.23. The highest BCUT2D eigenvalue weighted by atomic mass is 16.5. The number of hydrogen-bond donors (Lipinski definition) is 1. The van der Waals surface area contributed by atoms with Gasteiger partial charge >= 0.3 is 5.97 Å². The molecule has 3 heteroatoms. The molecule has 11 heavy (non-hydrogen) atoms. The van der Waals surface area contributed by atoms with Gasteiger partial charge in [-0.1, -0.05) is 12.8 Å². The Morgan fingerprint density at radius 2 is 2.09 bits per heavy atom. The van der Waals surface area contributed by atoms with Gasteiger partial charge < -0.3 is 9.84 Å². The zero-order valence-electron chi connectivity index (χ0n) is 6.75. The van der Waals surface area contributed by atoms with Crippen LogP contribution in [0.2, 0.25) is 0 Å². The van der Waals surface area contributed by atoms with Crippen molar-refractivity contribution in [3.8, 4) is 0 Å². The maximum Gasteiger partial charge on any atom is 0.332 e. The van der Waals surface area contributed by atoms with Crippen LogP contribution in [0.3, 0.4) is 0 Å². The number of carboxylic acid groups (broad SMARTS) is 1. The summed E-state index contributed by atoms with van der Waals surface area (Å²) in [7, 11) is 0. The summed E-state index contributed by atoms with van der Waals surface area (Å²) in [4.78, 5) is 10.4. The molecule has 1 rings (SSSR count). The minimum absolute atomic E-state index is 0.195. The van der Waals surface area contributed by atoms with Gasteiger partial charge in [0.2, 0.25) is 0 Å². The second-order valence-corrected chi connectivity index (χ2v) is 3.02. The average Bonchev–Trinajstić information content (AvgIpc) is 2.39. The van der Waals surface area contributed by atoms with Crippen LogP contribution in [-0.4, -0.2) is 23.3 Å². The van der Waals surface area contributed by atoms with Gasteiger partial charge in [0.25, 0.3) is 0 Å². The lowest BCUT2D eigenvalue weighted by Crippen LogP contribution is -2.24. The molecule has 64 valence electrons. The van der Waals surface area contributed by atoms with Crippen molar-refractivity contribution in [1.82, 2.24) is 0 Å². The van der Waals surface area contributed by atoms with Gasteiger partial charge in [0.1, 0.15) is 0 Å². The molecule has 0 amide bonds.